The Morgan fingerprint density at radius 2 is 1.75 bits per heavy atom. The monoisotopic (exact) mass is 428 g/mol. The molecule has 2 aromatic carbocycles. The van der Waals surface area contributed by atoms with Gasteiger partial charge in [0.2, 0.25) is 11.9 Å². The molecule has 1 atom stereocenters. The minimum absolute atomic E-state index is 0.0920. The second kappa shape index (κ2) is 8.71. The molecule has 2 aliphatic rings. The van der Waals surface area contributed by atoms with E-state index in [-0.39, 0.29) is 5.91 Å². The molecule has 1 N–H and O–H groups in total. The van der Waals surface area contributed by atoms with Crippen LogP contribution in [0.3, 0.4) is 0 Å². The molecule has 164 valence electrons. The minimum Gasteiger partial charge on any atom is -0.375 e. The van der Waals surface area contributed by atoms with Gasteiger partial charge in [-0.1, -0.05) is 48.5 Å². The van der Waals surface area contributed by atoms with E-state index in [1.54, 1.807) is 6.20 Å². The maximum Gasteiger partial charge on any atom is 0.236 e. The number of hydrogen-bond acceptors (Lipinski definition) is 5. The molecule has 1 amide bonds. The van der Waals surface area contributed by atoms with Crippen molar-refractivity contribution in [2.24, 2.45) is 0 Å². The lowest BCUT2D eigenvalue weighted by molar-refractivity contribution is -0.141. The number of piperidine rings is 1. The molecule has 3 aromatic rings. The Bertz CT molecular complexity index is 1080. The fourth-order valence-corrected chi connectivity index (χ4v) is 4.79. The Hall–Kier alpha value is -3.25. The Balaban J connectivity index is 1.35. The summed E-state index contributed by atoms with van der Waals surface area (Å²) in [6, 6.07) is 20.4. The van der Waals surface area contributed by atoms with Gasteiger partial charge in [-0.3, -0.25) is 4.79 Å². The van der Waals surface area contributed by atoms with Crippen molar-refractivity contribution in [3.8, 4) is 0 Å². The first kappa shape index (κ1) is 20.6. The Morgan fingerprint density at radius 3 is 2.47 bits per heavy atom. The number of anilines is 2. The van der Waals surface area contributed by atoms with Crippen molar-refractivity contribution in [1.82, 2.24) is 14.9 Å². The number of aromatic nitrogens is 2. The van der Waals surface area contributed by atoms with Crippen LogP contribution in [-0.4, -0.2) is 40.5 Å². The molecule has 1 aromatic heterocycles. The number of benzene rings is 2. The molecular formula is C26H28N4O2. The molecule has 0 bridgehead atoms. The van der Waals surface area contributed by atoms with Gasteiger partial charge in [0.05, 0.1) is 18.9 Å². The van der Waals surface area contributed by atoms with E-state index < -0.39 is 5.41 Å². The van der Waals surface area contributed by atoms with Crippen LogP contribution in [0.1, 0.15) is 42.5 Å². The van der Waals surface area contributed by atoms with Crippen LogP contribution in [0.2, 0.25) is 0 Å². The van der Waals surface area contributed by atoms with E-state index in [1.165, 1.54) is 5.56 Å². The van der Waals surface area contributed by atoms with E-state index in [4.69, 9.17) is 9.72 Å². The van der Waals surface area contributed by atoms with Gasteiger partial charge in [0.25, 0.3) is 0 Å². The summed E-state index contributed by atoms with van der Waals surface area (Å²) in [7, 11) is 0. The van der Waals surface area contributed by atoms with E-state index in [0.29, 0.717) is 25.1 Å². The van der Waals surface area contributed by atoms with Gasteiger partial charge in [-0.15, -0.1) is 0 Å². The molecule has 2 aliphatic heterocycles. The van der Waals surface area contributed by atoms with Crippen LogP contribution >= 0.6 is 0 Å². The van der Waals surface area contributed by atoms with Crippen molar-refractivity contribution in [2.45, 2.75) is 37.7 Å². The quantitative estimate of drug-likeness (QED) is 0.667. The second-order valence-electron chi connectivity index (χ2n) is 8.86. The highest BCUT2D eigenvalue weighted by molar-refractivity contribution is 5.88. The zero-order valence-electron chi connectivity index (χ0n) is 18.3. The number of carbonyl (C=O) groups is 1. The minimum atomic E-state index is -0.816. The number of carbonyl (C=O) groups excluding carboxylic acids is 1. The normalized spacial score (nSPS) is 21.1. The van der Waals surface area contributed by atoms with Crippen LogP contribution < -0.4 is 5.32 Å². The fraction of sp³-hybridized carbons (Fsp3) is 0.346. The smallest absolute Gasteiger partial charge is 0.236 e. The molecule has 0 aliphatic carbocycles. The molecular weight excluding hydrogens is 400 g/mol. The van der Waals surface area contributed by atoms with Crippen LogP contribution in [0.4, 0.5) is 11.6 Å². The average Bonchev–Trinajstić information content (AvgIpc) is 2.85. The average molecular weight is 429 g/mol. The van der Waals surface area contributed by atoms with Gasteiger partial charge in [0.1, 0.15) is 5.41 Å². The summed E-state index contributed by atoms with van der Waals surface area (Å²) in [4.78, 5) is 24.9. The zero-order chi connectivity index (χ0) is 22.0. The maximum atomic E-state index is 13.7. The van der Waals surface area contributed by atoms with E-state index in [9.17, 15) is 4.79 Å². The van der Waals surface area contributed by atoms with Crippen LogP contribution in [0.15, 0.2) is 66.9 Å². The third kappa shape index (κ3) is 3.98. The summed E-state index contributed by atoms with van der Waals surface area (Å²) in [5.74, 6) is 1.10. The van der Waals surface area contributed by atoms with Crippen molar-refractivity contribution in [3.05, 3.63) is 83.7 Å². The van der Waals surface area contributed by atoms with Crippen molar-refractivity contribution < 1.29 is 9.53 Å². The first-order valence-electron chi connectivity index (χ1n) is 11.2. The lowest BCUT2D eigenvalue weighted by atomic mass is 9.80. The van der Waals surface area contributed by atoms with Gasteiger partial charge in [-0.05, 0) is 43.4 Å². The van der Waals surface area contributed by atoms with Gasteiger partial charge in [0.15, 0.2) is 0 Å². The van der Waals surface area contributed by atoms with E-state index >= 15 is 0 Å². The first-order chi connectivity index (χ1) is 15.6. The topological polar surface area (TPSA) is 67.4 Å². The number of likely N-dealkylation sites (tertiary alicyclic amines) is 1. The molecule has 5 rings (SSSR count). The highest BCUT2D eigenvalue weighted by Gasteiger charge is 2.45. The standard InChI is InChI=1S/C26H28N4O2/c1-26(24(31)30-14-12-20(13-15-30)19-8-4-2-5-9-19)18-32-17-21-16-27-25(29-23(21)26)28-22-10-6-3-7-11-22/h2-11,16,20H,12-15,17-18H2,1H3,(H,27,28,29). The maximum absolute atomic E-state index is 13.7. The highest BCUT2D eigenvalue weighted by atomic mass is 16.5. The molecule has 3 heterocycles. The first-order valence-corrected chi connectivity index (χ1v) is 11.2. The van der Waals surface area contributed by atoms with Gasteiger partial charge in [0, 0.05) is 30.5 Å². The molecule has 0 radical (unpaired) electrons. The van der Waals surface area contributed by atoms with E-state index in [0.717, 1.165) is 42.9 Å². The number of nitrogens with one attached hydrogen (secondary N) is 1. The number of fused-ring (bicyclic) bond motifs is 1. The van der Waals surface area contributed by atoms with Crippen LogP contribution in [0, 0.1) is 0 Å². The molecule has 6 nitrogen and oxygen atoms in total. The van der Waals surface area contributed by atoms with E-state index in [1.807, 2.05) is 48.2 Å². The second-order valence-corrected chi connectivity index (χ2v) is 8.86. The summed E-state index contributed by atoms with van der Waals surface area (Å²) in [5, 5.41) is 3.25. The fourth-order valence-electron chi connectivity index (χ4n) is 4.79. The Morgan fingerprint density at radius 1 is 1.06 bits per heavy atom. The number of para-hydroxylation sites is 1. The van der Waals surface area contributed by atoms with Crippen LogP contribution in [0.25, 0.3) is 0 Å². The zero-order valence-corrected chi connectivity index (χ0v) is 18.3. The molecule has 1 saturated heterocycles. The highest BCUT2D eigenvalue weighted by Crippen LogP contribution is 2.36. The van der Waals surface area contributed by atoms with Gasteiger partial charge >= 0.3 is 0 Å². The molecule has 1 unspecified atom stereocenters. The summed E-state index contributed by atoms with van der Waals surface area (Å²) < 4.78 is 5.82. The summed E-state index contributed by atoms with van der Waals surface area (Å²) in [6.07, 6.45) is 3.73. The van der Waals surface area contributed by atoms with Gasteiger partial charge in [-0.2, -0.15) is 0 Å². The van der Waals surface area contributed by atoms with Crippen molar-refractivity contribution in [2.75, 3.05) is 25.0 Å². The summed E-state index contributed by atoms with van der Waals surface area (Å²) in [6.45, 7) is 4.22. The number of nitrogens with zero attached hydrogens (tertiary/aromatic N) is 3. The van der Waals surface area contributed by atoms with E-state index in [2.05, 4.69) is 34.6 Å². The SMILES string of the molecule is CC1(C(=O)N2CCC(c3ccccc3)CC2)COCc2cnc(Nc3ccccc3)nc21. The summed E-state index contributed by atoms with van der Waals surface area (Å²) in [5.41, 5.74) is 3.11. The third-order valence-corrected chi connectivity index (χ3v) is 6.59. The molecule has 6 heteroatoms. The summed E-state index contributed by atoms with van der Waals surface area (Å²) >= 11 is 0. The molecule has 0 spiro atoms. The number of rotatable bonds is 4. The Kier molecular flexibility index (Phi) is 5.62. The third-order valence-electron chi connectivity index (χ3n) is 6.59. The molecule has 0 saturated carbocycles. The predicted molar refractivity (Wildman–Crippen MR) is 124 cm³/mol. The largest absolute Gasteiger partial charge is 0.375 e. The number of ether oxygens (including phenoxy) is 1. The van der Waals surface area contributed by atoms with Gasteiger partial charge in [-0.25, -0.2) is 9.97 Å². The lowest BCUT2D eigenvalue weighted by Crippen LogP contribution is -2.52. The number of hydrogen-bond donors (Lipinski definition) is 1. The van der Waals surface area contributed by atoms with Crippen molar-refractivity contribution >= 4 is 17.5 Å². The molecule has 32 heavy (non-hydrogen) atoms. The van der Waals surface area contributed by atoms with Gasteiger partial charge < -0.3 is 15.0 Å². The van der Waals surface area contributed by atoms with Crippen molar-refractivity contribution in [1.29, 1.82) is 0 Å². The predicted octanol–water partition coefficient (Wildman–Crippen LogP) is 4.41. The Labute approximate surface area is 188 Å². The van der Waals surface area contributed by atoms with Crippen LogP contribution in [0.5, 0.6) is 0 Å². The van der Waals surface area contributed by atoms with Crippen LogP contribution in [-0.2, 0) is 21.6 Å². The number of amides is 1. The molecule has 1 fully saturated rings. The lowest BCUT2D eigenvalue weighted by Gasteiger charge is -2.40. The van der Waals surface area contributed by atoms with Crippen molar-refractivity contribution in [3.63, 3.8) is 0 Å².